The van der Waals surface area contributed by atoms with Gasteiger partial charge in [-0.15, -0.1) is 0 Å². The van der Waals surface area contributed by atoms with Gasteiger partial charge >= 0.3 is 0 Å². The van der Waals surface area contributed by atoms with Gasteiger partial charge in [0.25, 0.3) is 5.91 Å². The van der Waals surface area contributed by atoms with E-state index in [1.807, 2.05) is 24.3 Å². The molecule has 192 valence electrons. The van der Waals surface area contributed by atoms with Crippen LogP contribution in [0.1, 0.15) is 17.5 Å². The van der Waals surface area contributed by atoms with Crippen molar-refractivity contribution < 1.29 is 23.9 Å². The summed E-state index contributed by atoms with van der Waals surface area (Å²) in [6.07, 6.45) is 0.488. The molecule has 0 radical (unpaired) electrons. The number of nitrogens with zero attached hydrogens (tertiary/aromatic N) is 2. The van der Waals surface area contributed by atoms with Crippen LogP contribution in [0.25, 0.3) is 0 Å². The highest BCUT2D eigenvalue weighted by atomic mass is 127. The summed E-state index contributed by atoms with van der Waals surface area (Å²) in [5, 5.41) is 0.575. The first-order valence-electron chi connectivity index (χ1n) is 11.7. The van der Waals surface area contributed by atoms with Crippen LogP contribution in [0.5, 0.6) is 11.5 Å². The standard InChI is InChI=1S/C28H26ClIN2O5/c1-36-24-12-5-19(15-25(24)37-2)13-14-31(26(33)16-18-3-6-20(29)7-4-18)23-17-27(34)32(28(23)35)22-10-8-21(30)9-11-22/h3-12,15,23H,13-14,16-17H2,1-2H3. The van der Waals surface area contributed by atoms with Gasteiger partial charge in [-0.25, -0.2) is 4.90 Å². The summed E-state index contributed by atoms with van der Waals surface area (Å²) in [7, 11) is 3.13. The van der Waals surface area contributed by atoms with Crippen molar-refractivity contribution >= 4 is 57.6 Å². The van der Waals surface area contributed by atoms with Gasteiger partial charge in [-0.1, -0.05) is 29.8 Å². The Kier molecular flexibility index (Phi) is 8.71. The van der Waals surface area contributed by atoms with Crippen molar-refractivity contribution in [1.82, 2.24) is 4.90 Å². The normalized spacial score (nSPS) is 15.1. The second kappa shape index (κ2) is 12.0. The van der Waals surface area contributed by atoms with Crippen molar-refractivity contribution in [3.8, 4) is 11.5 Å². The van der Waals surface area contributed by atoms with Crippen molar-refractivity contribution in [2.24, 2.45) is 0 Å². The fourth-order valence-corrected chi connectivity index (χ4v) is 4.82. The van der Waals surface area contributed by atoms with Crippen LogP contribution in [0.3, 0.4) is 0 Å². The van der Waals surface area contributed by atoms with Gasteiger partial charge < -0.3 is 14.4 Å². The summed E-state index contributed by atoms with van der Waals surface area (Å²) in [6, 6.07) is 18.8. The van der Waals surface area contributed by atoms with Crippen LogP contribution in [0.15, 0.2) is 66.7 Å². The summed E-state index contributed by atoms with van der Waals surface area (Å²) in [6.45, 7) is 0.256. The molecule has 3 amide bonds. The zero-order valence-corrected chi connectivity index (χ0v) is 23.4. The van der Waals surface area contributed by atoms with E-state index < -0.39 is 11.9 Å². The number of benzene rings is 3. The smallest absolute Gasteiger partial charge is 0.257 e. The van der Waals surface area contributed by atoms with Gasteiger partial charge in [0.1, 0.15) is 6.04 Å². The van der Waals surface area contributed by atoms with Crippen molar-refractivity contribution in [3.63, 3.8) is 0 Å². The molecule has 0 bridgehead atoms. The van der Waals surface area contributed by atoms with Crippen LogP contribution < -0.4 is 14.4 Å². The summed E-state index contributed by atoms with van der Waals surface area (Å²) in [5.41, 5.74) is 2.19. The molecule has 3 aromatic rings. The third-order valence-electron chi connectivity index (χ3n) is 6.26. The first-order valence-corrected chi connectivity index (χ1v) is 13.1. The maximum atomic E-state index is 13.5. The van der Waals surface area contributed by atoms with Gasteiger partial charge in [-0.2, -0.15) is 0 Å². The van der Waals surface area contributed by atoms with E-state index in [1.165, 1.54) is 9.80 Å². The van der Waals surface area contributed by atoms with E-state index in [4.69, 9.17) is 21.1 Å². The molecule has 37 heavy (non-hydrogen) atoms. The Labute approximate surface area is 234 Å². The van der Waals surface area contributed by atoms with Crippen molar-refractivity contribution in [2.45, 2.75) is 25.3 Å². The lowest BCUT2D eigenvalue weighted by molar-refractivity contribution is -0.137. The second-order valence-electron chi connectivity index (χ2n) is 8.59. The highest BCUT2D eigenvalue weighted by Crippen LogP contribution is 2.29. The second-order valence-corrected chi connectivity index (χ2v) is 10.3. The van der Waals surface area contributed by atoms with Crippen molar-refractivity contribution in [2.75, 3.05) is 25.7 Å². The molecule has 0 aromatic heterocycles. The molecule has 1 aliphatic rings. The molecule has 1 saturated heterocycles. The van der Waals surface area contributed by atoms with Crippen LogP contribution in [-0.2, 0) is 27.2 Å². The Morgan fingerprint density at radius 3 is 2.27 bits per heavy atom. The average molecular weight is 633 g/mol. The molecule has 0 saturated carbocycles. The minimum atomic E-state index is -0.883. The lowest BCUT2D eigenvalue weighted by Crippen LogP contribution is -2.47. The van der Waals surface area contributed by atoms with E-state index in [9.17, 15) is 14.4 Å². The first-order chi connectivity index (χ1) is 17.8. The van der Waals surface area contributed by atoms with Crippen LogP contribution in [0.2, 0.25) is 5.02 Å². The predicted octanol–water partition coefficient (Wildman–Crippen LogP) is 4.91. The molecule has 1 atom stereocenters. The minimum absolute atomic E-state index is 0.0664. The Morgan fingerprint density at radius 1 is 0.973 bits per heavy atom. The number of anilines is 1. The zero-order valence-electron chi connectivity index (χ0n) is 20.4. The Balaban J connectivity index is 1.59. The minimum Gasteiger partial charge on any atom is -0.493 e. The number of hydrogen-bond donors (Lipinski definition) is 0. The molecule has 0 spiro atoms. The van der Waals surface area contributed by atoms with Gasteiger partial charge in [-0.05, 0) is 88.7 Å². The van der Waals surface area contributed by atoms with Crippen LogP contribution in [0.4, 0.5) is 5.69 Å². The quantitative estimate of drug-likeness (QED) is 0.248. The lowest BCUT2D eigenvalue weighted by atomic mass is 10.1. The number of rotatable bonds is 9. The third kappa shape index (κ3) is 6.24. The number of carbonyl (C=O) groups is 3. The van der Waals surface area contributed by atoms with Gasteiger partial charge in [-0.3, -0.25) is 14.4 Å². The molecule has 0 aliphatic carbocycles. The van der Waals surface area contributed by atoms with E-state index >= 15 is 0 Å². The van der Waals surface area contributed by atoms with E-state index in [2.05, 4.69) is 22.6 Å². The molecule has 4 rings (SSSR count). The summed E-state index contributed by atoms with van der Waals surface area (Å²) < 4.78 is 11.7. The summed E-state index contributed by atoms with van der Waals surface area (Å²) in [5.74, 6) is 0.218. The number of methoxy groups -OCH3 is 2. The molecule has 0 N–H and O–H groups in total. The molecule has 1 heterocycles. The number of hydrogen-bond acceptors (Lipinski definition) is 5. The van der Waals surface area contributed by atoms with E-state index in [-0.39, 0.29) is 31.2 Å². The molecular weight excluding hydrogens is 607 g/mol. The molecule has 1 aliphatic heterocycles. The van der Waals surface area contributed by atoms with Crippen LogP contribution in [-0.4, -0.2) is 49.4 Å². The molecule has 1 fully saturated rings. The molecule has 3 aromatic carbocycles. The predicted molar refractivity (Wildman–Crippen MR) is 150 cm³/mol. The largest absolute Gasteiger partial charge is 0.493 e. The molecule has 1 unspecified atom stereocenters. The van der Waals surface area contributed by atoms with Gasteiger partial charge in [0.05, 0.1) is 32.7 Å². The van der Waals surface area contributed by atoms with Crippen molar-refractivity contribution in [1.29, 1.82) is 0 Å². The monoisotopic (exact) mass is 632 g/mol. The third-order valence-corrected chi connectivity index (χ3v) is 7.23. The fourth-order valence-electron chi connectivity index (χ4n) is 4.34. The first kappa shape index (κ1) is 26.9. The molecule has 7 nitrogen and oxygen atoms in total. The average Bonchev–Trinajstić information content (AvgIpc) is 3.19. The van der Waals surface area contributed by atoms with Gasteiger partial charge in [0, 0.05) is 15.1 Å². The van der Waals surface area contributed by atoms with Crippen LogP contribution in [0, 0.1) is 3.57 Å². The van der Waals surface area contributed by atoms with E-state index in [0.29, 0.717) is 28.6 Å². The topological polar surface area (TPSA) is 76.2 Å². The van der Waals surface area contributed by atoms with Gasteiger partial charge in [0.2, 0.25) is 11.8 Å². The highest BCUT2D eigenvalue weighted by Gasteiger charge is 2.44. The number of imide groups is 1. The fraction of sp³-hybridized carbons (Fsp3) is 0.250. The Morgan fingerprint density at radius 2 is 1.62 bits per heavy atom. The Hall–Kier alpha value is -3.11. The SMILES string of the molecule is COc1ccc(CCN(C(=O)Cc2ccc(Cl)cc2)C2CC(=O)N(c3ccc(I)cc3)C2=O)cc1OC. The Bertz CT molecular complexity index is 1300. The van der Waals surface area contributed by atoms with Crippen LogP contribution >= 0.6 is 34.2 Å². The maximum absolute atomic E-state index is 13.5. The maximum Gasteiger partial charge on any atom is 0.257 e. The number of carbonyl (C=O) groups excluding carboxylic acids is 3. The highest BCUT2D eigenvalue weighted by molar-refractivity contribution is 14.1. The van der Waals surface area contributed by atoms with E-state index in [1.54, 1.807) is 56.7 Å². The van der Waals surface area contributed by atoms with E-state index in [0.717, 1.165) is 14.7 Å². The number of halogens is 2. The number of amides is 3. The van der Waals surface area contributed by atoms with Crippen molar-refractivity contribution in [3.05, 3.63) is 86.4 Å². The molecule has 9 heteroatoms. The number of ether oxygens (including phenoxy) is 2. The summed E-state index contributed by atoms with van der Waals surface area (Å²) in [4.78, 5) is 42.7. The van der Waals surface area contributed by atoms with Gasteiger partial charge in [0.15, 0.2) is 11.5 Å². The zero-order chi connectivity index (χ0) is 26.5. The molecular formula is C28H26ClIN2O5. The summed E-state index contributed by atoms with van der Waals surface area (Å²) >= 11 is 8.16. The lowest BCUT2D eigenvalue weighted by Gasteiger charge is -2.28.